The van der Waals surface area contributed by atoms with Gasteiger partial charge in [-0.1, -0.05) is 74.6 Å². The standard InChI is InChI=1S/C24H36O/c1-21(25)13-6-2-3-10-17-23-19-12-20-24(23)18-11-5-9-16-22-14-7-4-8-15-22/h3-4,7-8,10,14-15,23-24H,2,5-6,9,11-13,16-20H2,1H3/b10-3-/t23-,24?/m0/s1. The van der Waals surface area contributed by atoms with Gasteiger partial charge in [0.25, 0.3) is 0 Å². The topological polar surface area (TPSA) is 17.1 Å². The molecular formula is C24H36O. The molecule has 0 aliphatic heterocycles. The lowest BCUT2D eigenvalue weighted by molar-refractivity contribution is -0.117. The van der Waals surface area contributed by atoms with Crippen LogP contribution in [0.15, 0.2) is 42.5 Å². The summed E-state index contributed by atoms with van der Waals surface area (Å²) in [6, 6.07) is 10.9. The molecule has 1 heteroatoms. The fourth-order valence-electron chi connectivity index (χ4n) is 4.22. The monoisotopic (exact) mass is 340 g/mol. The van der Waals surface area contributed by atoms with Gasteiger partial charge < -0.3 is 4.79 Å². The second kappa shape index (κ2) is 12.1. The molecule has 0 N–H and O–H groups in total. The summed E-state index contributed by atoms with van der Waals surface area (Å²) in [5.41, 5.74) is 1.48. The lowest BCUT2D eigenvalue weighted by atomic mass is 9.88. The van der Waals surface area contributed by atoms with E-state index in [0.717, 1.165) is 31.1 Å². The zero-order chi connectivity index (χ0) is 17.7. The second-order valence-corrected chi connectivity index (χ2v) is 7.84. The molecule has 1 saturated carbocycles. The molecule has 25 heavy (non-hydrogen) atoms. The van der Waals surface area contributed by atoms with Gasteiger partial charge in [-0.15, -0.1) is 0 Å². The molecule has 1 nitrogen and oxygen atoms in total. The van der Waals surface area contributed by atoms with E-state index in [1.807, 2.05) is 0 Å². The Morgan fingerprint density at radius 1 is 1.00 bits per heavy atom. The number of carbonyl (C=O) groups excluding carboxylic acids is 1. The number of aryl methyl sites for hydroxylation is 1. The maximum absolute atomic E-state index is 10.9. The van der Waals surface area contributed by atoms with Crippen LogP contribution in [-0.2, 0) is 11.2 Å². The van der Waals surface area contributed by atoms with Gasteiger partial charge in [-0.3, -0.25) is 0 Å². The summed E-state index contributed by atoms with van der Waals surface area (Å²) in [7, 11) is 0. The van der Waals surface area contributed by atoms with E-state index in [4.69, 9.17) is 0 Å². The highest BCUT2D eigenvalue weighted by Crippen LogP contribution is 2.37. The normalized spacial score (nSPS) is 20.4. The number of Topliss-reactive ketones (excluding diaryl/α,β-unsaturated/α-hetero) is 1. The van der Waals surface area contributed by atoms with Gasteiger partial charge in [0, 0.05) is 6.42 Å². The molecule has 2 atom stereocenters. The Labute approximate surface area is 154 Å². The Hall–Kier alpha value is -1.37. The van der Waals surface area contributed by atoms with E-state index in [1.165, 1.54) is 63.4 Å². The van der Waals surface area contributed by atoms with Crippen molar-refractivity contribution in [1.29, 1.82) is 0 Å². The molecule has 0 heterocycles. The Kier molecular flexibility index (Phi) is 9.62. The molecule has 1 aromatic carbocycles. The smallest absolute Gasteiger partial charge is 0.129 e. The van der Waals surface area contributed by atoms with Crippen molar-refractivity contribution < 1.29 is 4.79 Å². The van der Waals surface area contributed by atoms with Crippen molar-refractivity contribution in [3.05, 3.63) is 48.0 Å². The van der Waals surface area contributed by atoms with Gasteiger partial charge in [-0.25, -0.2) is 0 Å². The number of unbranched alkanes of at least 4 members (excludes halogenated alkanes) is 3. The molecule has 1 aromatic rings. The van der Waals surface area contributed by atoms with Gasteiger partial charge in [-0.2, -0.15) is 0 Å². The van der Waals surface area contributed by atoms with Crippen LogP contribution in [-0.4, -0.2) is 5.78 Å². The van der Waals surface area contributed by atoms with Crippen LogP contribution in [0.4, 0.5) is 0 Å². The number of hydrogen-bond acceptors (Lipinski definition) is 1. The molecule has 0 saturated heterocycles. The molecule has 2 rings (SSSR count). The van der Waals surface area contributed by atoms with Crippen LogP contribution in [0.1, 0.15) is 83.1 Å². The van der Waals surface area contributed by atoms with Crippen molar-refractivity contribution in [2.24, 2.45) is 11.8 Å². The number of allylic oxidation sites excluding steroid dienone is 2. The minimum atomic E-state index is 0.316. The van der Waals surface area contributed by atoms with E-state index in [0.29, 0.717) is 5.78 Å². The molecule has 138 valence electrons. The van der Waals surface area contributed by atoms with Crippen molar-refractivity contribution in [2.75, 3.05) is 0 Å². The number of ketones is 1. The minimum Gasteiger partial charge on any atom is -0.300 e. The predicted molar refractivity (Wildman–Crippen MR) is 108 cm³/mol. The molecular weight excluding hydrogens is 304 g/mol. The van der Waals surface area contributed by atoms with E-state index in [-0.39, 0.29) is 0 Å². The Morgan fingerprint density at radius 3 is 2.60 bits per heavy atom. The molecule has 1 unspecified atom stereocenters. The zero-order valence-corrected chi connectivity index (χ0v) is 16.1. The van der Waals surface area contributed by atoms with Crippen molar-refractivity contribution in [3.8, 4) is 0 Å². The zero-order valence-electron chi connectivity index (χ0n) is 16.1. The van der Waals surface area contributed by atoms with E-state index in [2.05, 4.69) is 42.5 Å². The molecule has 1 aliphatic rings. The van der Waals surface area contributed by atoms with E-state index < -0.39 is 0 Å². The summed E-state index contributed by atoms with van der Waals surface area (Å²) in [4.78, 5) is 10.9. The number of benzene rings is 1. The average molecular weight is 341 g/mol. The Morgan fingerprint density at radius 2 is 1.80 bits per heavy atom. The molecule has 0 radical (unpaired) electrons. The summed E-state index contributed by atoms with van der Waals surface area (Å²) >= 11 is 0. The summed E-state index contributed by atoms with van der Waals surface area (Å²) in [6.07, 6.45) is 19.8. The van der Waals surface area contributed by atoms with E-state index >= 15 is 0 Å². The molecule has 1 aliphatic carbocycles. The van der Waals surface area contributed by atoms with Crippen LogP contribution in [0, 0.1) is 11.8 Å². The number of carbonyl (C=O) groups is 1. The largest absolute Gasteiger partial charge is 0.300 e. The van der Waals surface area contributed by atoms with Gasteiger partial charge in [0.15, 0.2) is 0 Å². The van der Waals surface area contributed by atoms with Gasteiger partial charge >= 0.3 is 0 Å². The first-order valence-corrected chi connectivity index (χ1v) is 10.4. The quantitative estimate of drug-likeness (QED) is 0.298. The van der Waals surface area contributed by atoms with Crippen LogP contribution < -0.4 is 0 Å². The highest BCUT2D eigenvalue weighted by atomic mass is 16.1. The fraction of sp³-hybridized carbons (Fsp3) is 0.625. The molecule has 0 spiro atoms. The summed E-state index contributed by atoms with van der Waals surface area (Å²) in [5.74, 6) is 2.19. The highest BCUT2D eigenvalue weighted by molar-refractivity contribution is 5.75. The molecule has 0 aromatic heterocycles. The summed E-state index contributed by atoms with van der Waals surface area (Å²) in [6.45, 7) is 1.69. The third-order valence-corrected chi connectivity index (χ3v) is 5.70. The van der Waals surface area contributed by atoms with Gasteiger partial charge in [-0.05, 0) is 62.8 Å². The van der Waals surface area contributed by atoms with Crippen LogP contribution in [0.25, 0.3) is 0 Å². The summed E-state index contributed by atoms with van der Waals surface area (Å²) < 4.78 is 0. The third-order valence-electron chi connectivity index (χ3n) is 5.70. The van der Waals surface area contributed by atoms with Gasteiger partial charge in [0.05, 0.1) is 0 Å². The maximum Gasteiger partial charge on any atom is 0.129 e. The van der Waals surface area contributed by atoms with Crippen molar-refractivity contribution >= 4 is 5.78 Å². The minimum absolute atomic E-state index is 0.316. The number of rotatable bonds is 12. The SMILES string of the molecule is CC(=O)CCC/C=C\C[C@H]1CCCC1CCCCCc1ccccc1. The van der Waals surface area contributed by atoms with Crippen molar-refractivity contribution in [2.45, 2.75) is 84.0 Å². The third kappa shape index (κ3) is 8.52. The van der Waals surface area contributed by atoms with Gasteiger partial charge in [0.2, 0.25) is 0 Å². The fourth-order valence-corrected chi connectivity index (χ4v) is 4.22. The van der Waals surface area contributed by atoms with Crippen molar-refractivity contribution in [3.63, 3.8) is 0 Å². The first kappa shape index (κ1) is 19.9. The average Bonchev–Trinajstić information content (AvgIpc) is 3.06. The highest BCUT2D eigenvalue weighted by Gasteiger charge is 2.25. The maximum atomic E-state index is 10.9. The van der Waals surface area contributed by atoms with E-state index in [1.54, 1.807) is 6.92 Å². The van der Waals surface area contributed by atoms with Crippen LogP contribution in [0.5, 0.6) is 0 Å². The molecule has 0 amide bonds. The first-order chi connectivity index (χ1) is 12.3. The number of hydrogen-bond donors (Lipinski definition) is 0. The van der Waals surface area contributed by atoms with Crippen LogP contribution in [0.3, 0.4) is 0 Å². The van der Waals surface area contributed by atoms with Crippen LogP contribution in [0.2, 0.25) is 0 Å². The lowest BCUT2D eigenvalue weighted by Gasteiger charge is -2.18. The Balaban J connectivity index is 1.54. The van der Waals surface area contributed by atoms with E-state index in [9.17, 15) is 4.79 Å². The first-order valence-electron chi connectivity index (χ1n) is 10.4. The predicted octanol–water partition coefficient (Wildman–Crippen LogP) is 6.91. The lowest BCUT2D eigenvalue weighted by Crippen LogP contribution is -2.07. The molecule has 1 fully saturated rings. The van der Waals surface area contributed by atoms with Crippen molar-refractivity contribution in [1.82, 2.24) is 0 Å². The molecule has 0 bridgehead atoms. The van der Waals surface area contributed by atoms with Crippen LogP contribution >= 0.6 is 0 Å². The second-order valence-electron chi connectivity index (χ2n) is 7.84. The summed E-state index contributed by atoms with van der Waals surface area (Å²) in [5, 5.41) is 0. The Bertz CT molecular complexity index is 502. The van der Waals surface area contributed by atoms with Gasteiger partial charge in [0.1, 0.15) is 5.78 Å².